The maximum Gasteiger partial charge on any atom is 0.164 e. The molecule has 2 rings (SSSR count). The standard InChI is InChI=1S/C8H10N2OS/c1-6(11)7-4-9-8-10(5-7)2-3-12-8/h4H,2-3,5H2,1H3. The number of fused-ring (bicyclic) bond motifs is 1. The molecule has 0 saturated carbocycles. The third-order valence-electron chi connectivity index (χ3n) is 2.01. The molecule has 1 fully saturated rings. The zero-order valence-electron chi connectivity index (χ0n) is 6.91. The quantitative estimate of drug-likeness (QED) is 0.603. The van der Waals surface area contributed by atoms with E-state index >= 15 is 0 Å². The topological polar surface area (TPSA) is 32.7 Å². The van der Waals surface area contributed by atoms with Crippen molar-refractivity contribution >= 4 is 22.7 Å². The Kier molecular flexibility index (Phi) is 1.92. The first-order valence-corrected chi connectivity index (χ1v) is 4.91. The van der Waals surface area contributed by atoms with Crippen LogP contribution in [0.25, 0.3) is 0 Å². The molecule has 0 N–H and O–H groups in total. The van der Waals surface area contributed by atoms with E-state index in [9.17, 15) is 4.79 Å². The van der Waals surface area contributed by atoms with Gasteiger partial charge in [-0.2, -0.15) is 0 Å². The highest BCUT2D eigenvalue weighted by Crippen LogP contribution is 2.22. The van der Waals surface area contributed by atoms with Crippen LogP contribution in [0, 0.1) is 0 Å². The summed E-state index contributed by atoms with van der Waals surface area (Å²) in [5.74, 6) is 1.23. The van der Waals surface area contributed by atoms with Gasteiger partial charge >= 0.3 is 0 Å². The van der Waals surface area contributed by atoms with Crippen LogP contribution in [-0.2, 0) is 4.79 Å². The fraction of sp³-hybridized carbons (Fsp3) is 0.500. The first-order valence-electron chi connectivity index (χ1n) is 3.93. The minimum absolute atomic E-state index is 0.134. The second-order valence-corrected chi connectivity index (χ2v) is 3.95. The predicted octanol–water partition coefficient (Wildman–Crippen LogP) is 0.878. The fourth-order valence-corrected chi connectivity index (χ4v) is 2.24. The van der Waals surface area contributed by atoms with Crippen LogP contribution in [0.4, 0.5) is 0 Å². The lowest BCUT2D eigenvalue weighted by Gasteiger charge is -2.21. The first kappa shape index (κ1) is 7.86. The molecule has 0 radical (unpaired) electrons. The van der Waals surface area contributed by atoms with Crippen LogP contribution >= 0.6 is 11.8 Å². The van der Waals surface area contributed by atoms with Gasteiger partial charge in [0, 0.05) is 30.6 Å². The van der Waals surface area contributed by atoms with Gasteiger partial charge in [0.1, 0.15) is 0 Å². The summed E-state index contributed by atoms with van der Waals surface area (Å²) in [5.41, 5.74) is 0.821. The Labute approximate surface area is 75.5 Å². The molecule has 0 aromatic heterocycles. The zero-order chi connectivity index (χ0) is 8.55. The number of thioether (sulfide) groups is 1. The minimum Gasteiger partial charge on any atom is -0.346 e. The smallest absolute Gasteiger partial charge is 0.164 e. The number of carbonyl (C=O) groups is 1. The van der Waals surface area contributed by atoms with Crippen LogP contribution in [0.3, 0.4) is 0 Å². The van der Waals surface area contributed by atoms with Gasteiger partial charge in [-0.25, -0.2) is 4.99 Å². The van der Waals surface area contributed by atoms with Gasteiger partial charge in [-0.3, -0.25) is 4.79 Å². The van der Waals surface area contributed by atoms with Gasteiger partial charge in [0.25, 0.3) is 0 Å². The highest BCUT2D eigenvalue weighted by Gasteiger charge is 2.23. The predicted molar refractivity (Wildman–Crippen MR) is 50.2 cm³/mol. The minimum atomic E-state index is 0.134. The molecular formula is C8H10N2OS. The van der Waals surface area contributed by atoms with Gasteiger partial charge in [-0.1, -0.05) is 11.8 Å². The number of rotatable bonds is 1. The number of amidine groups is 1. The zero-order valence-corrected chi connectivity index (χ0v) is 7.73. The third-order valence-corrected chi connectivity index (χ3v) is 3.02. The van der Waals surface area contributed by atoms with E-state index in [1.807, 2.05) is 0 Å². The molecule has 0 aliphatic carbocycles. The molecule has 4 heteroatoms. The summed E-state index contributed by atoms with van der Waals surface area (Å²) in [6.07, 6.45) is 1.70. The molecule has 1 saturated heterocycles. The fourth-order valence-electron chi connectivity index (χ4n) is 1.28. The average molecular weight is 182 g/mol. The number of nitrogens with zero attached hydrogens (tertiary/aromatic N) is 2. The van der Waals surface area contributed by atoms with Gasteiger partial charge in [0.2, 0.25) is 0 Å². The van der Waals surface area contributed by atoms with Crippen LogP contribution in [0.5, 0.6) is 0 Å². The summed E-state index contributed by atoms with van der Waals surface area (Å²) in [6, 6.07) is 0. The lowest BCUT2D eigenvalue weighted by Crippen LogP contribution is -2.30. The number of ketones is 1. The van der Waals surface area contributed by atoms with Crippen molar-refractivity contribution in [3.8, 4) is 0 Å². The summed E-state index contributed by atoms with van der Waals surface area (Å²) in [6.45, 7) is 3.37. The van der Waals surface area contributed by atoms with E-state index in [0.29, 0.717) is 0 Å². The van der Waals surface area contributed by atoms with Crippen molar-refractivity contribution in [3.05, 3.63) is 11.8 Å². The number of Topliss-reactive ketones (excluding diaryl/α,β-unsaturated/α-hetero) is 1. The van der Waals surface area contributed by atoms with E-state index in [4.69, 9.17) is 0 Å². The Hall–Kier alpha value is -0.770. The Balaban J connectivity index is 2.20. The number of carbonyl (C=O) groups excluding carboxylic acids is 1. The molecule has 0 unspecified atom stereocenters. The van der Waals surface area contributed by atoms with E-state index in [2.05, 4.69) is 9.89 Å². The van der Waals surface area contributed by atoms with Gasteiger partial charge in [-0.15, -0.1) is 0 Å². The van der Waals surface area contributed by atoms with Crippen molar-refractivity contribution in [3.63, 3.8) is 0 Å². The molecule has 2 aliphatic heterocycles. The normalized spacial score (nSPS) is 21.6. The average Bonchev–Trinajstić information content (AvgIpc) is 2.49. The molecule has 3 nitrogen and oxygen atoms in total. The number of aliphatic imine (C=N–C) groups is 1. The van der Waals surface area contributed by atoms with Crippen molar-refractivity contribution in [2.75, 3.05) is 18.8 Å². The molecule has 0 atom stereocenters. The first-order chi connectivity index (χ1) is 5.77. The van der Waals surface area contributed by atoms with Crippen molar-refractivity contribution in [1.29, 1.82) is 0 Å². The molecule has 12 heavy (non-hydrogen) atoms. The summed E-state index contributed by atoms with van der Waals surface area (Å²) in [5, 5.41) is 1.07. The van der Waals surface area contributed by atoms with Gasteiger partial charge in [0.15, 0.2) is 11.0 Å². The summed E-state index contributed by atoms with van der Waals surface area (Å²) >= 11 is 1.76. The van der Waals surface area contributed by atoms with Crippen LogP contribution in [-0.4, -0.2) is 34.7 Å². The molecule has 0 aromatic rings. The van der Waals surface area contributed by atoms with Crippen molar-refractivity contribution in [2.24, 2.45) is 4.99 Å². The van der Waals surface area contributed by atoms with E-state index in [1.54, 1.807) is 24.9 Å². The van der Waals surface area contributed by atoms with Crippen LogP contribution in [0.15, 0.2) is 16.8 Å². The summed E-state index contributed by atoms with van der Waals surface area (Å²) in [4.78, 5) is 17.4. The van der Waals surface area contributed by atoms with Gasteiger partial charge < -0.3 is 4.90 Å². The van der Waals surface area contributed by atoms with E-state index in [1.165, 1.54) is 0 Å². The summed E-state index contributed by atoms with van der Waals surface area (Å²) < 4.78 is 0. The third kappa shape index (κ3) is 1.27. The molecule has 0 spiro atoms. The monoisotopic (exact) mass is 182 g/mol. The van der Waals surface area contributed by atoms with Crippen LogP contribution in [0.1, 0.15) is 6.92 Å². The van der Waals surface area contributed by atoms with E-state index < -0.39 is 0 Å². The molecular weight excluding hydrogens is 172 g/mol. The number of hydrogen-bond donors (Lipinski definition) is 0. The van der Waals surface area contributed by atoms with E-state index in [-0.39, 0.29) is 5.78 Å². The Morgan fingerprint density at radius 3 is 3.33 bits per heavy atom. The molecule has 0 aromatic carbocycles. The molecule has 64 valence electrons. The Bertz CT molecular complexity index is 283. The molecule has 2 aliphatic rings. The largest absolute Gasteiger partial charge is 0.346 e. The maximum atomic E-state index is 11.0. The highest BCUT2D eigenvalue weighted by molar-refractivity contribution is 8.14. The van der Waals surface area contributed by atoms with Gasteiger partial charge in [0.05, 0.1) is 0 Å². The second kappa shape index (κ2) is 2.94. The molecule has 0 bridgehead atoms. The molecule has 2 heterocycles. The SMILES string of the molecule is CC(=O)C1=CN=C2SCCN2C1. The maximum absolute atomic E-state index is 11.0. The second-order valence-electron chi connectivity index (χ2n) is 2.89. The van der Waals surface area contributed by atoms with Crippen LogP contribution < -0.4 is 0 Å². The van der Waals surface area contributed by atoms with Crippen molar-refractivity contribution in [2.45, 2.75) is 6.92 Å². The summed E-state index contributed by atoms with van der Waals surface area (Å²) in [7, 11) is 0. The Morgan fingerprint density at radius 1 is 1.75 bits per heavy atom. The lowest BCUT2D eigenvalue weighted by molar-refractivity contribution is -0.113. The Morgan fingerprint density at radius 2 is 2.58 bits per heavy atom. The van der Waals surface area contributed by atoms with Crippen molar-refractivity contribution < 1.29 is 4.79 Å². The highest BCUT2D eigenvalue weighted by atomic mass is 32.2. The van der Waals surface area contributed by atoms with E-state index in [0.717, 1.165) is 29.6 Å². The molecule has 0 amide bonds. The van der Waals surface area contributed by atoms with Gasteiger partial charge in [-0.05, 0) is 6.92 Å². The van der Waals surface area contributed by atoms with Crippen LogP contribution in [0.2, 0.25) is 0 Å². The van der Waals surface area contributed by atoms with Crippen molar-refractivity contribution in [1.82, 2.24) is 4.90 Å². The lowest BCUT2D eigenvalue weighted by atomic mass is 10.2. The number of hydrogen-bond acceptors (Lipinski definition) is 4.